The van der Waals surface area contributed by atoms with E-state index in [0.29, 0.717) is 6.54 Å². The van der Waals surface area contributed by atoms with Gasteiger partial charge in [-0.2, -0.15) is 5.26 Å². The van der Waals surface area contributed by atoms with E-state index >= 15 is 0 Å². The number of carboxylic acids is 1. The molecule has 0 aliphatic carbocycles. The van der Waals surface area contributed by atoms with Crippen LogP contribution in [0.2, 0.25) is 0 Å². The van der Waals surface area contributed by atoms with Crippen LogP contribution in [0.3, 0.4) is 0 Å². The van der Waals surface area contributed by atoms with Crippen molar-refractivity contribution >= 4 is 11.9 Å². The lowest BCUT2D eigenvalue weighted by Gasteiger charge is -2.17. The van der Waals surface area contributed by atoms with Gasteiger partial charge in [0.25, 0.3) is 0 Å². The summed E-state index contributed by atoms with van der Waals surface area (Å²) in [5.41, 5.74) is 0. The van der Waals surface area contributed by atoms with E-state index in [1.54, 1.807) is 4.90 Å². The summed E-state index contributed by atoms with van der Waals surface area (Å²) in [6.45, 7) is 2.27. The molecule has 0 amide bonds. The van der Waals surface area contributed by atoms with Crippen LogP contribution in [0.4, 0.5) is 0 Å². The number of nitrogens with zero attached hydrogens (tertiary/aromatic N) is 2. The number of hydrogen-bond acceptors (Lipinski definition) is 5. The van der Waals surface area contributed by atoms with Crippen LogP contribution in [0.25, 0.3) is 0 Å². The number of carbonyl (C=O) groups excluding carboxylic acids is 1. The van der Waals surface area contributed by atoms with Crippen molar-refractivity contribution in [3.8, 4) is 6.07 Å². The van der Waals surface area contributed by atoms with Gasteiger partial charge in [0.1, 0.15) is 6.61 Å². The summed E-state index contributed by atoms with van der Waals surface area (Å²) >= 11 is 0. The Labute approximate surface area is 88.0 Å². The Morgan fingerprint density at radius 3 is 2.60 bits per heavy atom. The van der Waals surface area contributed by atoms with Gasteiger partial charge in [-0.15, -0.1) is 0 Å². The van der Waals surface area contributed by atoms with Gasteiger partial charge in [-0.25, -0.2) is 0 Å². The molecule has 0 atom stereocenters. The van der Waals surface area contributed by atoms with E-state index in [9.17, 15) is 9.59 Å². The fraction of sp³-hybridized carbons (Fsp3) is 0.667. The predicted molar refractivity (Wildman–Crippen MR) is 50.9 cm³/mol. The van der Waals surface area contributed by atoms with Gasteiger partial charge in [0.2, 0.25) is 0 Å². The topological polar surface area (TPSA) is 90.6 Å². The molecule has 0 aliphatic heterocycles. The number of carbonyl (C=O) groups is 2. The Morgan fingerprint density at radius 2 is 2.13 bits per heavy atom. The fourth-order valence-corrected chi connectivity index (χ4v) is 0.942. The summed E-state index contributed by atoms with van der Waals surface area (Å²) in [5, 5.41) is 16.9. The van der Waals surface area contributed by atoms with Crippen molar-refractivity contribution in [2.75, 3.05) is 26.2 Å². The Bertz CT molecular complexity index is 259. The van der Waals surface area contributed by atoms with Gasteiger partial charge in [-0.05, 0) is 0 Å². The molecule has 84 valence electrons. The molecule has 0 fully saturated rings. The Morgan fingerprint density at radius 1 is 1.47 bits per heavy atom. The predicted octanol–water partition coefficient (Wildman–Crippen LogP) is -0.150. The first-order valence-electron chi connectivity index (χ1n) is 4.50. The summed E-state index contributed by atoms with van der Waals surface area (Å²) < 4.78 is 4.69. The first kappa shape index (κ1) is 13.4. The highest BCUT2D eigenvalue weighted by Crippen LogP contribution is 1.92. The zero-order chi connectivity index (χ0) is 11.7. The van der Waals surface area contributed by atoms with Crippen molar-refractivity contribution in [1.29, 1.82) is 5.26 Å². The quantitative estimate of drug-likeness (QED) is 0.468. The van der Waals surface area contributed by atoms with Crippen molar-refractivity contribution in [2.24, 2.45) is 0 Å². The molecule has 1 N–H and O–H groups in total. The van der Waals surface area contributed by atoms with Gasteiger partial charge in [0, 0.05) is 20.0 Å². The Kier molecular flexibility index (Phi) is 6.93. The minimum Gasteiger partial charge on any atom is -0.481 e. The standard InChI is InChI=1S/C9H14N2O4/c1-8(12)15-7-6-11(5-3-10)4-2-9(13)14/h2,4-7H2,1H3,(H,13,14). The van der Waals surface area contributed by atoms with Crippen LogP contribution in [-0.2, 0) is 14.3 Å². The number of rotatable bonds is 7. The van der Waals surface area contributed by atoms with Crippen LogP contribution >= 0.6 is 0 Å². The lowest BCUT2D eigenvalue weighted by molar-refractivity contribution is -0.142. The second-order valence-electron chi connectivity index (χ2n) is 2.92. The maximum absolute atomic E-state index is 10.4. The van der Waals surface area contributed by atoms with E-state index in [1.165, 1.54) is 6.92 Å². The SMILES string of the molecule is CC(=O)OCCN(CC#N)CCC(=O)O. The molecule has 0 radical (unpaired) electrons. The fourth-order valence-electron chi connectivity index (χ4n) is 0.942. The molecule has 0 aromatic carbocycles. The normalized spacial score (nSPS) is 9.67. The van der Waals surface area contributed by atoms with Crippen LogP contribution in [0.15, 0.2) is 0 Å². The van der Waals surface area contributed by atoms with E-state index in [0.717, 1.165) is 0 Å². The van der Waals surface area contributed by atoms with Gasteiger partial charge >= 0.3 is 11.9 Å². The Hall–Kier alpha value is -1.61. The molecule has 0 unspecified atom stereocenters. The molecule has 0 bridgehead atoms. The maximum atomic E-state index is 10.4. The third-order valence-corrected chi connectivity index (χ3v) is 1.65. The number of aliphatic carboxylic acids is 1. The van der Waals surface area contributed by atoms with E-state index in [4.69, 9.17) is 10.4 Å². The van der Waals surface area contributed by atoms with Crippen LogP contribution in [-0.4, -0.2) is 48.2 Å². The van der Waals surface area contributed by atoms with Crippen LogP contribution in [0, 0.1) is 11.3 Å². The number of hydrogen-bond donors (Lipinski definition) is 1. The van der Waals surface area contributed by atoms with Crippen molar-refractivity contribution < 1.29 is 19.4 Å². The lowest BCUT2D eigenvalue weighted by Crippen LogP contribution is -2.30. The smallest absolute Gasteiger partial charge is 0.304 e. The van der Waals surface area contributed by atoms with E-state index in [2.05, 4.69) is 4.74 Å². The zero-order valence-electron chi connectivity index (χ0n) is 8.60. The molecule has 0 spiro atoms. The van der Waals surface area contributed by atoms with Crippen molar-refractivity contribution in [3.63, 3.8) is 0 Å². The summed E-state index contributed by atoms with van der Waals surface area (Å²) in [6.07, 6.45) is -0.0260. The van der Waals surface area contributed by atoms with Gasteiger partial charge in [0.15, 0.2) is 0 Å². The third kappa shape index (κ3) is 8.71. The van der Waals surface area contributed by atoms with Gasteiger partial charge < -0.3 is 9.84 Å². The second-order valence-corrected chi connectivity index (χ2v) is 2.92. The van der Waals surface area contributed by atoms with E-state index in [-0.39, 0.29) is 32.1 Å². The highest BCUT2D eigenvalue weighted by molar-refractivity contribution is 5.67. The largest absolute Gasteiger partial charge is 0.481 e. The first-order chi connectivity index (χ1) is 7.06. The van der Waals surface area contributed by atoms with Gasteiger partial charge in [0.05, 0.1) is 19.0 Å². The average Bonchev–Trinajstić information content (AvgIpc) is 2.13. The molecule has 0 saturated carbocycles. The summed E-state index contributed by atoms with van der Waals surface area (Å²) in [6, 6.07) is 1.92. The summed E-state index contributed by atoms with van der Waals surface area (Å²) in [5.74, 6) is -1.30. The molecule has 0 aromatic rings. The summed E-state index contributed by atoms with van der Waals surface area (Å²) in [7, 11) is 0. The summed E-state index contributed by atoms with van der Waals surface area (Å²) in [4.78, 5) is 22.4. The molecule has 0 rings (SSSR count). The van der Waals surface area contributed by atoms with Crippen molar-refractivity contribution in [3.05, 3.63) is 0 Å². The molecule has 0 aliphatic rings. The number of nitriles is 1. The third-order valence-electron chi connectivity index (χ3n) is 1.65. The molecule has 0 heterocycles. The maximum Gasteiger partial charge on any atom is 0.304 e. The zero-order valence-corrected chi connectivity index (χ0v) is 8.60. The number of carboxylic acid groups (broad SMARTS) is 1. The van der Waals surface area contributed by atoms with E-state index < -0.39 is 5.97 Å². The highest BCUT2D eigenvalue weighted by Gasteiger charge is 2.07. The van der Waals surface area contributed by atoms with Gasteiger partial charge in [-0.1, -0.05) is 0 Å². The lowest BCUT2D eigenvalue weighted by atomic mass is 10.3. The van der Waals surface area contributed by atoms with Crippen molar-refractivity contribution in [2.45, 2.75) is 13.3 Å². The Balaban J connectivity index is 3.78. The first-order valence-corrected chi connectivity index (χ1v) is 4.50. The van der Waals surface area contributed by atoms with Crippen LogP contribution in [0.1, 0.15) is 13.3 Å². The van der Waals surface area contributed by atoms with Gasteiger partial charge in [-0.3, -0.25) is 14.5 Å². The molecule has 15 heavy (non-hydrogen) atoms. The molecular weight excluding hydrogens is 200 g/mol. The second kappa shape index (κ2) is 7.76. The monoisotopic (exact) mass is 214 g/mol. The molecular formula is C9H14N2O4. The molecule has 0 saturated heterocycles. The average molecular weight is 214 g/mol. The van der Waals surface area contributed by atoms with Crippen LogP contribution < -0.4 is 0 Å². The van der Waals surface area contributed by atoms with Crippen molar-refractivity contribution in [1.82, 2.24) is 4.90 Å². The molecule has 6 heteroatoms. The minimum absolute atomic E-state index is 0.0260. The van der Waals surface area contributed by atoms with Crippen LogP contribution in [0.5, 0.6) is 0 Å². The number of esters is 1. The molecule has 0 aromatic heterocycles. The number of ether oxygens (including phenoxy) is 1. The highest BCUT2D eigenvalue weighted by atomic mass is 16.5. The van der Waals surface area contributed by atoms with E-state index in [1.807, 2.05) is 6.07 Å². The minimum atomic E-state index is -0.912. The molecule has 6 nitrogen and oxygen atoms in total.